The number of carbonyl (C=O) groups is 1. The van der Waals surface area contributed by atoms with Crippen LogP contribution in [-0.4, -0.2) is 20.1 Å². The van der Waals surface area contributed by atoms with Gasteiger partial charge in [0.2, 0.25) is 5.91 Å². The lowest BCUT2D eigenvalue weighted by Gasteiger charge is -2.21. The van der Waals surface area contributed by atoms with Crippen LogP contribution in [0.25, 0.3) is 0 Å². The van der Waals surface area contributed by atoms with Crippen molar-refractivity contribution in [1.29, 1.82) is 0 Å². The Bertz CT molecular complexity index is 741. The highest BCUT2D eigenvalue weighted by atomic mass is 16.5. The molecule has 0 saturated heterocycles. The van der Waals surface area contributed by atoms with Crippen molar-refractivity contribution in [3.8, 4) is 11.5 Å². The van der Waals surface area contributed by atoms with Gasteiger partial charge in [0.1, 0.15) is 6.04 Å². The molecule has 3 N–H and O–H groups in total. The van der Waals surface area contributed by atoms with E-state index in [0.717, 1.165) is 22.3 Å². The van der Waals surface area contributed by atoms with Gasteiger partial charge in [0.05, 0.1) is 20.3 Å². The number of aryl methyl sites for hydroxylation is 2. The van der Waals surface area contributed by atoms with E-state index in [4.69, 9.17) is 15.2 Å². The highest BCUT2D eigenvalue weighted by Gasteiger charge is 2.20. The third-order valence-corrected chi connectivity index (χ3v) is 4.32. The molecule has 2 rings (SSSR count). The summed E-state index contributed by atoms with van der Waals surface area (Å²) in [5, 5.41) is 2.98. The minimum absolute atomic E-state index is 0.205. The normalized spacial score (nSPS) is 13.0. The number of rotatable bonds is 6. The fourth-order valence-electron chi connectivity index (χ4n) is 2.77. The Labute approximate surface area is 149 Å². The van der Waals surface area contributed by atoms with E-state index in [0.29, 0.717) is 11.5 Å². The maximum Gasteiger partial charge on any atom is 0.241 e. The lowest BCUT2D eigenvalue weighted by Crippen LogP contribution is -2.35. The smallest absolute Gasteiger partial charge is 0.241 e. The van der Waals surface area contributed by atoms with E-state index in [2.05, 4.69) is 5.32 Å². The molecule has 0 spiro atoms. The van der Waals surface area contributed by atoms with E-state index in [-0.39, 0.29) is 11.9 Å². The summed E-state index contributed by atoms with van der Waals surface area (Å²) in [4.78, 5) is 12.5. The molecule has 2 aromatic carbocycles. The number of benzene rings is 2. The van der Waals surface area contributed by atoms with Gasteiger partial charge in [0.15, 0.2) is 11.5 Å². The second-order valence-electron chi connectivity index (χ2n) is 6.18. The Morgan fingerprint density at radius 2 is 1.60 bits per heavy atom. The molecule has 2 unspecified atom stereocenters. The summed E-state index contributed by atoms with van der Waals surface area (Å²) in [6.07, 6.45) is 0. The van der Waals surface area contributed by atoms with E-state index in [1.165, 1.54) is 0 Å². The molecule has 0 saturated carbocycles. The number of ether oxygens (including phenoxy) is 2. The van der Waals surface area contributed by atoms with Gasteiger partial charge in [-0.3, -0.25) is 4.79 Å². The van der Waals surface area contributed by atoms with Gasteiger partial charge >= 0.3 is 0 Å². The largest absolute Gasteiger partial charge is 0.493 e. The van der Waals surface area contributed by atoms with Crippen LogP contribution < -0.4 is 20.5 Å². The lowest BCUT2D eigenvalue weighted by molar-refractivity contribution is -0.123. The molecule has 0 aromatic heterocycles. The predicted octanol–water partition coefficient (Wildman–Crippen LogP) is 3.20. The molecule has 25 heavy (non-hydrogen) atoms. The number of nitrogens with one attached hydrogen (secondary N) is 1. The molecule has 5 nitrogen and oxygen atoms in total. The number of amides is 1. The van der Waals surface area contributed by atoms with Gasteiger partial charge in [0, 0.05) is 0 Å². The van der Waals surface area contributed by atoms with Crippen LogP contribution in [0.5, 0.6) is 11.5 Å². The number of nitrogens with two attached hydrogens (primary N) is 1. The summed E-state index contributed by atoms with van der Waals surface area (Å²) in [5.74, 6) is 1.08. The topological polar surface area (TPSA) is 73.6 Å². The fraction of sp³-hybridized carbons (Fsp3) is 0.350. The summed E-state index contributed by atoms with van der Waals surface area (Å²) < 4.78 is 10.7. The van der Waals surface area contributed by atoms with Gasteiger partial charge in [0.25, 0.3) is 0 Å². The molecule has 0 aliphatic heterocycles. The first-order chi connectivity index (χ1) is 11.9. The van der Waals surface area contributed by atoms with Gasteiger partial charge in [-0.15, -0.1) is 0 Å². The summed E-state index contributed by atoms with van der Waals surface area (Å²) in [6.45, 7) is 5.89. The zero-order valence-electron chi connectivity index (χ0n) is 15.4. The molecule has 0 bridgehead atoms. The van der Waals surface area contributed by atoms with Crippen molar-refractivity contribution in [3.05, 3.63) is 58.7 Å². The van der Waals surface area contributed by atoms with Crippen molar-refractivity contribution < 1.29 is 14.3 Å². The van der Waals surface area contributed by atoms with Crippen molar-refractivity contribution in [3.63, 3.8) is 0 Å². The van der Waals surface area contributed by atoms with Crippen molar-refractivity contribution in [1.82, 2.24) is 5.32 Å². The van der Waals surface area contributed by atoms with Crippen molar-refractivity contribution in [2.24, 2.45) is 5.73 Å². The van der Waals surface area contributed by atoms with E-state index in [9.17, 15) is 4.79 Å². The van der Waals surface area contributed by atoms with Crippen LogP contribution >= 0.6 is 0 Å². The maximum atomic E-state index is 12.5. The second kappa shape index (κ2) is 8.03. The van der Waals surface area contributed by atoms with Gasteiger partial charge in [-0.1, -0.05) is 29.8 Å². The van der Waals surface area contributed by atoms with Gasteiger partial charge in [-0.25, -0.2) is 0 Å². The number of hydrogen-bond acceptors (Lipinski definition) is 4. The summed E-state index contributed by atoms with van der Waals surface area (Å²) in [6, 6.07) is 10.5. The van der Waals surface area contributed by atoms with E-state index >= 15 is 0 Å². The zero-order chi connectivity index (χ0) is 18.6. The summed E-state index contributed by atoms with van der Waals surface area (Å²) in [7, 11) is 3.19. The number of methoxy groups -OCH3 is 2. The first-order valence-electron chi connectivity index (χ1n) is 8.22. The van der Waals surface area contributed by atoms with Crippen LogP contribution in [-0.2, 0) is 4.79 Å². The molecule has 134 valence electrons. The average Bonchev–Trinajstić information content (AvgIpc) is 2.61. The summed E-state index contributed by atoms with van der Waals surface area (Å²) in [5.41, 5.74) is 9.99. The zero-order valence-corrected chi connectivity index (χ0v) is 15.4. The molecular formula is C20H26N2O3. The minimum Gasteiger partial charge on any atom is -0.493 e. The van der Waals surface area contributed by atoms with Gasteiger partial charge in [-0.05, 0) is 49.6 Å². The molecule has 2 aromatic rings. The standard InChI is InChI=1S/C20H26N2O3/c1-12-6-8-15(9-7-12)19(21)20(23)22-14(3)16-11-18(25-5)17(24-4)10-13(16)2/h6-11,14,19H,21H2,1-5H3,(H,22,23). The monoisotopic (exact) mass is 342 g/mol. The first-order valence-corrected chi connectivity index (χ1v) is 8.22. The Kier molecular flexibility index (Phi) is 6.04. The fourth-order valence-corrected chi connectivity index (χ4v) is 2.77. The summed E-state index contributed by atoms with van der Waals surface area (Å²) >= 11 is 0. The van der Waals surface area contributed by atoms with Crippen LogP contribution in [0.15, 0.2) is 36.4 Å². The lowest BCUT2D eigenvalue weighted by atomic mass is 10.00. The van der Waals surface area contributed by atoms with Crippen LogP contribution in [0, 0.1) is 13.8 Å². The Hall–Kier alpha value is -2.53. The Morgan fingerprint density at radius 3 is 2.16 bits per heavy atom. The molecular weight excluding hydrogens is 316 g/mol. The molecule has 0 radical (unpaired) electrons. The molecule has 0 aliphatic rings. The van der Waals surface area contributed by atoms with Gasteiger partial charge < -0.3 is 20.5 Å². The predicted molar refractivity (Wildman–Crippen MR) is 98.9 cm³/mol. The number of hydrogen-bond donors (Lipinski definition) is 2. The Balaban J connectivity index is 2.17. The second-order valence-corrected chi connectivity index (χ2v) is 6.18. The van der Waals surface area contributed by atoms with Crippen LogP contribution in [0.1, 0.15) is 41.3 Å². The molecule has 2 atom stereocenters. The highest BCUT2D eigenvalue weighted by molar-refractivity contribution is 5.83. The minimum atomic E-state index is -0.705. The van der Waals surface area contributed by atoms with Gasteiger partial charge in [-0.2, -0.15) is 0 Å². The quantitative estimate of drug-likeness (QED) is 0.845. The number of carbonyl (C=O) groups excluding carboxylic acids is 1. The first kappa shape index (κ1) is 18.8. The molecule has 5 heteroatoms. The third kappa shape index (κ3) is 4.31. The van der Waals surface area contributed by atoms with Crippen molar-refractivity contribution in [2.75, 3.05) is 14.2 Å². The average molecular weight is 342 g/mol. The molecule has 1 amide bonds. The van der Waals surface area contributed by atoms with Crippen LogP contribution in [0.4, 0.5) is 0 Å². The maximum absolute atomic E-state index is 12.5. The van der Waals surface area contributed by atoms with Crippen LogP contribution in [0.2, 0.25) is 0 Å². The molecule has 0 heterocycles. The van der Waals surface area contributed by atoms with E-state index < -0.39 is 6.04 Å². The van der Waals surface area contributed by atoms with E-state index in [1.807, 2.05) is 57.2 Å². The molecule has 0 fully saturated rings. The van der Waals surface area contributed by atoms with E-state index in [1.54, 1.807) is 14.2 Å². The van der Waals surface area contributed by atoms with Crippen molar-refractivity contribution >= 4 is 5.91 Å². The SMILES string of the molecule is COc1cc(C)c(C(C)NC(=O)C(N)c2ccc(C)cc2)cc1OC. The molecule has 0 aliphatic carbocycles. The van der Waals surface area contributed by atoms with Crippen molar-refractivity contribution in [2.45, 2.75) is 32.9 Å². The highest BCUT2D eigenvalue weighted by Crippen LogP contribution is 2.33. The third-order valence-electron chi connectivity index (χ3n) is 4.32. The Morgan fingerprint density at radius 1 is 1.04 bits per heavy atom. The van der Waals surface area contributed by atoms with Crippen LogP contribution in [0.3, 0.4) is 0 Å².